The highest BCUT2D eigenvalue weighted by atomic mass is 79.9. The number of ether oxygens (including phenoxy) is 1. The van der Waals surface area contributed by atoms with Gasteiger partial charge in [0.15, 0.2) is 0 Å². The first-order chi connectivity index (χ1) is 6.06. The van der Waals surface area contributed by atoms with Crippen LogP contribution in [0.25, 0.3) is 0 Å². The summed E-state index contributed by atoms with van der Waals surface area (Å²) in [5.41, 5.74) is 0.338. The average Bonchev–Trinajstić information content (AvgIpc) is 2.10. The Hall–Kier alpha value is -0.0600. The molecule has 0 aliphatic carbocycles. The van der Waals surface area contributed by atoms with Crippen molar-refractivity contribution in [3.8, 4) is 0 Å². The molecule has 5 heteroatoms. The van der Waals surface area contributed by atoms with E-state index in [-0.39, 0.29) is 0 Å². The van der Waals surface area contributed by atoms with Crippen molar-refractivity contribution < 1.29 is 9.53 Å². The molecule has 13 heavy (non-hydrogen) atoms. The molecule has 0 spiro atoms. The molecule has 0 aliphatic heterocycles. The number of esters is 1. The number of carbonyl (C=O) groups is 1. The number of methoxy groups -OCH3 is 1. The van der Waals surface area contributed by atoms with Crippen LogP contribution in [0.15, 0.2) is 21.1 Å². The fraction of sp³-hybridized carbons (Fsp3) is 0.125. The number of rotatable bonds is 1. The Morgan fingerprint density at radius 2 is 2.08 bits per heavy atom. The SMILES string of the molecule is COC(=O)c1cc(Br)cc(Br)c1Cl. The monoisotopic (exact) mass is 326 g/mol. The van der Waals surface area contributed by atoms with Gasteiger partial charge in [0, 0.05) is 8.95 Å². The zero-order valence-corrected chi connectivity index (χ0v) is 10.5. The van der Waals surface area contributed by atoms with Gasteiger partial charge in [-0.1, -0.05) is 27.5 Å². The van der Waals surface area contributed by atoms with Crippen LogP contribution in [-0.4, -0.2) is 13.1 Å². The molecule has 0 N–H and O–H groups in total. The molecular weight excluding hydrogens is 323 g/mol. The van der Waals surface area contributed by atoms with Crippen molar-refractivity contribution in [1.29, 1.82) is 0 Å². The van der Waals surface area contributed by atoms with Crippen LogP contribution in [0, 0.1) is 0 Å². The van der Waals surface area contributed by atoms with Crippen LogP contribution in [0.1, 0.15) is 10.4 Å². The van der Waals surface area contributed by atoms with Crippen molar-refractivity contribution in [1.82, 2.24) is 0 Å². The topological polar surface area (TPSA) is 26.3 Å². The van der Waals surface area contributed by atoms with E-state index in [1.807, 2.05) is 0 Å². The molecule has 0 saturated carbocycles. The van der Waals surface area contributed by atoms with Crippen molar-refractivity contribution in [2.75, 3.05) is 7.11 Å². The quantitative estimate of drug-likeness (QED) is 0.581. The van der Waals surface area contributed by atoms with Crippen molar-refractivity contribution >= 4 is 49.4 Å². The lowest BCUT2D eigenvalue weighted by atomic mass is 10.2. The largest absolute Gasteiger partial charge is 0.465 e. The summed E-state index contributed by atoms with van der Waals surface area (Å²) in [6.45, 7) is 0. The van der Waals surface area contributed by atoms with E-state index in [9.17, 15) is 4.79 Å². The first-order valence-electron chi connectivity index (χ1n) is 3.29. The van der Waals surface area contributed by atoms with Crippen LogP contribution in [0.2, 0.25) is 5.02 Å². The van der Waals surface area contributed by atoms with Crippen LogP contribution in [0.4, 0.5) is 0 Å². The molecule has 0 aromatic heterocycles. The van der Waals surface area contributed by atoms with E-state index in [2.05, 4.69) is 36.6 Å². The van der Waals surface area contributed by atoms with E-state index in [0.29, 0.717) is 15.1 Å². The second-order valence-corrected chi connectivity index (χ2v) is 4.39. The lowest BCUT2D eigenvalue weighted by Gasteiger charge is -2.04. The smallest absolute Gasteiger partial charge is 0.339 e. The van der Waals surface area contributed by atoms with Gasteiger partial charge in [-0.2, -0.15) is 0 Å². The second kappa shape index (κ2) is 4.44. The van der Waals surface area contributed by atoms with Gasteiger partial charge in [-0.25, -0.2) is 4.79 Å². The molecule has 0 atom stereocenters. The predicted octanol–water partition coefficient (Wildman–Crippen LogP) is 3.65. The Labute approximate surface area is 97.5 Å². The summed E-state index contributed by atoms with van der Waals surface area (Å²) in [6, 6.07) is 3.37. The van der Waals surface area contributed by atoms with E-state index >= 15 is 0 Å². The summed E-state index contributed by atoms with van der Waals surface area (Å²) in [4.78, 5) is 11.2. The van der Waals surface area contributed by atoms with Crippen molar-refractivity contribution in [2.24, 2.45) is 0 Å². The second-order valence-electron chi connectivity index (χ2n) is 2.24. The maximum Gasteiger partial charge on any atom is 0.339 e. The molecule has 0 heterocycles. The highest BCUT2D eigenvalue weighted by molar-refractivity contribution is 9.11. The minimum absolute atomic E-state index is 0.338. The molecule has 1 rings (SSSR count). The number of hydrogen-bond acceptors (Lipinski definition) is 2. The van der Waals surface area contributed by atoms with Gasteiger partial charge in [0.2, 0.25) is 0 Å². The summed E-state index contributed by atoms with van der Waals surface area (Å²) < 4.78 is 5.99. The van der Waals surface area contributed by atoms with E-state index in [1.54, 1.807) is 12.1 Å². The van der Waals surface area contributed by atoms with E-state index in [1.165, 1.54) is 7.11 Å². The molecule has 0 bridgehead atoms. The number of benzene rings is 1. The number of hydrogen-bond donors (Lipinski definition) is 0. The number of halogens is 3. The molecule has 0 radical (unpaired) electrons. The molecule has 1 aromatic rings. The highest BCUT2D eigenvalue weighted by Crippen LogP contribution is 2.30. The van der Waals surface area contributed by atoms with Crippen LogP contribution in [0.3, 0.4) is 0 Å². The van der Waals surface area contributed by atoms with Gasteiger partial charge in [-0.3, -0.25) is 0 Å². The predicted molar refractivity (Wildman–Crippen MR) is 58.2 cm³/mol. The Morgan fingerprint density at radius 1 is 1.46 bits per heavy atom. The molecular formula is C8H5Br2ClO2. The van der Waals surface area contributed by atoms with Crippen LogP contribution in [0.5, 0.6) is 0 Å². The van der Waals surface area contributed by atoms with E-state index < -0.39 is 5.97 Å². The molecule has 1 aromatic carbocycles. The summed E-state index contributed by atoms with van der Waals surface area (Å²) in [7, 11) is 1.31. The lowest BCUT2D eigenvalue weighted by molar-refractivity contribution is 0.0601. The molecule has 2 nitrogen and oxygen atoms in total. The Kier molecular flexibility index (Phi) is 3.76. The third-order valence-electron chi connectivity index (χ3n) is 1.40. The molecule has 0 amide bonds. The van der Waals surface area contributed by atoms with Crippen LogP contribution in [-0.2, 0) is 4.74 Å². The fourth-order valence-corrected chi connectivity index (χ4v) is 2.23. The van der Waals surface area contributed by atoms with Gasteiger partial charge < -0.3 is 4.74 Å². The maximum absolute atomic E-state index is 11.2. The summed E-state index contributed by atoms with van der Waals surface area (Å²) in [5, 5.41) is 0.357. The van der Waals surface area contributed by atoms with Crippen LogP contribution >= 0.6 is 43.5 Å². The van der Waals surface area contributed by atoms with Gasteiger partial charge in [0.05, 0.1) is 17.7 Å². The standard InChI is InChI=1S/C8H5Br2ClO2/c1-13-8(12)5-2-4(9)3-6(10)7(5)11/h2-3H,1H3. The first kappa shape index (κ1) is 11.0. The molecule has 0 fully saturated rings. The molecule has 0 unspecified atom stereocenters. The van der Waals surface area contributed by atoms with Gasteiger partial charge >= 0.3 is 5.97 Å². The molecule has 70 valence electrons. The molecule has 0 saturated heterocycles. The average molecular weight is 328 g/mol. The van der Waals surface area contributed by atoms with E-state index in [4.69, 9.17) is 11.6 Å². The lowest BCUT2D eigenvalue weighted by Crippen LogP contribution is -2.02. The summed E-state index contributed by atoms with van der Waals surface area (Å²) >= 11 is 12.3. The van der Waals surface area contributed by atoms with Gasteiger partial charge in [-0.05, 0) is 28.1 Å². The van der Waals surface area contributed by atoms with Gasteiger partial charge in [0.1, 0.15) is 0 Å². The highest BCUT2D eigenvalue weighted by Gasteiger charge is 2.13. The third-order valence-corrected chi connectivity index (χ3v) is 3.12. The fourth-order valence-electron chi connectivity index (χ4n) is 0.814. The number of carbonyl (C=O) groups excluding carboxylic acids is 1. The Bertz CT molecular complexity index is 352. The Morgan fingerprint density at radius 3 is 2.62 bits per heavy atom. The van der Waals surface area contributed by atoms with Gasteiger partial charge in [0.25, 0.3) is 0 Å². The van der Waals surface area contributed by atoms with Crippen molar-refractivity contribution in [3.63, 3.8) is 0 Å². The first-order valence-corrected chi connectivity index (χ1v) is 5.25. The van der Waals surface area contributed by atoms with Crippen LogP contribution < -0.4 is 0 Å². The zero-order chi connectivity index (χ0) is 10.0. The minimum atomic E-state index is -0.452. The Balaban J connectivity index is 3.28. The van der Waals surface area contributed by atoms with E-state index in [0.717, 1.165) is 4.47 Å². The minimum Gasteiger partial charge on any atom is -0.465 e. The summed E-state index contributed by atoms with van der Waals surface area (Å²) in [6.07, 6.45) is 0. The third kappa shape index (κ3) is 2.45. The zero-order valence-electron chi connectivity index (χ0n) is 6.61. The normalized spacial score (nSPS) is 9.85. The summed E-state index contributed by atoms with van der Waals surface area (Å²) in [5.74, 6) is -0.452. The van der Waals surface area contributed by atoms with Crippen molar-refractivity contribution in [2.45, 2.75) is 0 Å². The van der Waals surface area contributed by atoms with Crippen molar-refractivity contribution in [3.05, 3.63) is 31.7 Å². The maximum atomic E-state index is 11.2. The molecule has 0 aliphatic rings. The van der Waals surface area contributed by atoms with Gasteiger partial charge in [-0.15, -0.1) is 0 Å².